The third kappa shape index (κ3) is 7.80. The quantitative estimate of drug-likeness (QED) is 0.299. The number of hydrogen-bond acceptors (Lipinski definition) is 4. The van der Waals surface area contributed by atoms with E-state index in [9.17, 15) is 0 Å². The number of nitrogens with two attached hydrogens (primary N) is 2. The first-order valence-corrected chi connectivity index (χ1v) is 2.49. The van der Waals surface area contributed by atoms with Crippen molar-refractivity contribution in [2.45, 2.75) is 0 Å². The molecular formula is C4H14N2O3. The van der Waals surface area contributed by atoms with Crippen molar-refractivity contribution in [3.63, 3.8) is 0 Å². The van der Waals surface area contributed by atoms with Crippen LogP contribution in [0.1, 0.15) is 0 Å². The molecule has 0 saturated carbocycles. The van der Waals surface area contributed by atoms with Gasteiger partial charge in [-0.05, 0) is 0 Å². The lowest BCUT2D eigenvalue weighted by Crippen LogP contribution is -2.16. The maximum atomic E-state index is 4.94. The van der Waals surface area contributed by atoms with Crippen LogP contribution in [-0.2, 0) is 9.47 Å². The molecule has 0 unspecified atom stereocenters. The lowest BCUT2D eigenvalue weighted by Gasteiger charge is -2.09. The molecule has 0 radical (unpaired) electrons. The standard InChI is InChI=1S/C4H8O2.H4N2.H2O/c1-2-6-4-3-5-1;1-2;/h1-4H2;1-2H2;1H2. The lowest BCUT2D eigenvalue weighted by molar-refractivity contribution is -0.0334. The Labute approximate surface area is 54.2 Å². The molecule has 6 N–H and O–H groups in total. The van der Waals surface area contributed by atoms with Gasteiger partial charge >= 0.3 is 0 Å². The van der Waals surface area contributed by atoms with E-state index >= 15 is 0 Å². The number of ether oxygens (including phenoxy) is 2. The maximum Gasteiger partial charge on any atom is 0.0701 e. The monoisotopic (exact) mass is 138 g/mol. The molecule has 0 aliphatic carbocycles. The van der Waals surface area contributed by atoms with Gasteiger partial charge in [-0.2, -0.15) is 0 Å². The van der Waals surface area contributed by atoms with Gasteiger partial charge in [0.2, 0.25) is 0 Å². The van der Waals surface area contributed by atoms with Crippen molar-refractivity contribution in [3.8, 4) is 0 Å². The van der Waals surface area contributed by atoms with Gasteiger partial charge in [-0.25, -0.2) is 0 Å². The van der Waals surface area contributed by atoms with E-state index in [1.807, 2.05) is 0 Å². The second-order valence-corrected chi connectivity index (χ2v) is 1.22. The van der Waals surface area contributed by atoms with E-state index in [1.54, 1.807) is 0 Å². The summed E-state index contributed by atoms with van der Waals surface area (Å²) in [6, 6.07) is 0. The van der Waals surface area contributed by atoms with Gasteiger partial charge in [-0.3, -0.25) is 11.7 Å². The van der Waals surface area contributed by atoms with Crippen LogP contribution < -0.4 is 11.7 Å². The molecule has 0 bridgehead atoms. The number of rotatable bonds is 0. The van der Waals surface area contributed by atoms with Gasteiger partial charge in [0.05, 0.1) is 26.4 Å². The third-order valence-corrected chi connectivity index (χ3v) is 0.744. The minimum absolute atomic E-state index is 0. The molecule has 58 valence electrons. The predicted octanol–water partition coefficient (Wildman–Crippen LogP) is -1.97. The summed E-state index contributed by atoms with van der Waals surface area (Å²) in [5.74, 6) is 8.00. The fraction of sp³-hybridized carbons (Fsp3) is 1.00. The minimum Gasteiger partial charge on any atom is -0.412 e. The summed E-state index contributed by atoms with van der Waals surface area (Å²) >= 11 is 0. The highest BCUT2D eigenvalue weighted by Crippen LogP contribution is 1.85. The zero-order valence-electron chi connectivity index (χ0n) is 5.30. The van der Waals surface area contributed by atoms with E-state index in [2.05, 4.69) is 11.7 Å². The minimum atomic E-state index is 0. The fourth-order valence-corrected chi connectivity index (χ4v) is 0.440. The van der Waals surface area contributed by atoms with Crippen molar-refractivity contribution in [2.75, 3.05) is 26.4 Å². The van der Waals surface area contributed by atoms with Gasteiger partial charge in [0.1, 0.15) is 0 Å². The largest absolute Gasteiger partial charge is 0.412 e. The molecular weight excluding hydrogens is 124 g/mol. The molecule has 1 heterocycles. The van der Waals surface area contributed by atoms with Crippen LogP contribution in [0.4, 0.5) is 0 Å². The lowest BCUT2D eigenvalue weighted by atomic mass is 10.6. The second kappa shape index (κ2) is 10.7. The summed E-state index contributed by atoms with van der Waals surface area (Å²) in [6.45, 7) is 3.11. The molecule has 1 saturated heterocycles. The van der Waals surface area contributed by atoms with Crippen molar-refractivity contribution in [1.82, 2.24) is 0 Å². The Morgan fingerprint density at radius 2 is 1.00 bits per heavy atom. The average molecular weight is 138 g/mol. The molecule has 5 heteroatoms. The number of hydrogen-bond donors (Lipinski definition) is 2. The van der Waals surface area contributed by atoms with Gasteiger partial charge in [-0.15, -0.1) is 0 Å². The molecule has 1 aliphatic rings. The van der Waals surface area contributed by atoms with Crippen LogP contribution in [0.25, 0.3) is 0 Å². The van der Waals surface area contributed by atoms with Crippen LogP contribution in [0.5, 0.6) is 0 Å². The van der Waals surface area contributed by atoms with E-state index < -0.39 is 0 Å². The van der Waals surface area contributed by atoms with Gasteiger partial charge < -0.3 is 14.9 Å². The first-order valence-electron chi connectivity index (χ1n) is 2.49. The van der Waals surface area contributed by atoms with E-state index in [4.69, 9.17) is 9.47 Å². The molecule has 0 aromatic carbocycles. The molecule has 0 spiro atoms. The summed E-state index contributed by atoms with van der Waals surface area (Å²) in [4.78, 5) is 0. The van der Waals surface area contributed by atoms with E-state index in [0.29, 0.717) is 0 Å². The van der Waals surface area contributed by atoms with Crippen LogP contribution in [0, 0.1) is 0 Å². The Morgan fingerprint density at radius 1 is 0.778 bits per heavy atom. The highest BCUT2D eigenvalue weighted by atomic mass is 16.6. The van der Waals surface area contributed by atoms with Gasteiger partial charge in [0, 0.05) is 0 Å². The Kier molecular flexibility index (Phi) is 13.8. The summed E-state index contributed by atoms with van der Waals surface area (Å²) in [6.07, 6.45) is 0. The summed E-state index contributed by atoms with van der Waals surface area (Å²) < 4.78 is 9.89. The van der Waals surface area contributed by atoms with Crippen LogP contribution in [0.15, 0.2) is 0 Å². The van der Waals surface area contributed by atoms with Crippen molar-refractivity contribution in [2.24, 2.45) is 11.7 Å². The van der Waals surface area contributed by atoms with E-state index in [0.717, 1.165) is 26.4 Å². The Balaban J connectivity index is 0. The van der Waals surface area contributed by atoms with Crippen LogP contribution in [-0.4, -0.2) is 31.9 Å². The van der Waals surface area contributed by atoms with Gasteiger partial charge in [-0.1, -0.05) is 0 Å². The average Bonchev–Trinajstić information content (AvgIpc) is 1.96. The Hall–Kier alpha value is -0.200. The SMILES string of the molecule is C1COCCO1.NN.O. The fourth-order valence-electron chi connectivity index (χ4n) is 0.440. The van der Waals surface area contributed by atoms with E-state index in [-0.39, 0.29) is 5.48 Å². The van der Waals surface area contributed by atoms with Crippen LogP contribution in [0.2, 0.25) is 0 Å². The molecule has 0 amide bonds. The molecule has 0 aromatic rings. The van der Waals surface area contributed by atoms with Crippen LogP contribution in [0.3, 0.4) is 0 Å². The summed E-state index contributed by atoms with van der Waals surface area (Å²) in [5.41, 5.74) is 0. The molecule has 1 rings (SSSR count). The molecule has 9 heavy (non-hydrogen) atoms. The zero-order valence-corrected chi connectivity index (χ0v) is 5.30. The molecule has 1 aliphatic heterocycles. The summed E-state index contributed by atoms with van der Waals surface area (Å²) in [5, 5.41) is 0. The number of hydrazine groups is 1. The highest BCUT2D eigenvalue weighted by Gasteiger charge is 1.94. The molecule has 5 nitrogen and oxygen atoms in total. The summed E-state index contributed by atoms with van der Waals surface area (Å²) in [7, 11) is 0. The van der Waals surface area contributed by atoms with Crippen molar-refractivity contribution in [1.29, 1.82) is 0 Å². The van der Waals surface area contributed by atoms with Crippen molar-refractivity contribution < 1.29 is 14.9 Å². The normalized spacial score (nSPS) is 16.7. The van der Waals surface area contributed by atoms with Gasteiger partial charge in [0.15, 0.2) is 0 Å². The Bertz CT molecular complexity index is 29.3. The van der Waals surface area contributed by atoms with Crippen LogP contribution >= 0.6 is 0 Å². The molecule has 1 fully saturated rings. The predicted molar refractivity (Wildman–Crippen MR) is 33.6 cm³/mol. The van der Waals surface area contributed by atoms with E-state index in [1.165, 1.54) is 0 Å². The van der Waals surface area contributed by atoms with Crippen molar-refractivity contribution in [3.05, 3.63) is 0 Å². The first kappa shape index (κ1) is 11.6. The third-order valence-electron chi connectivity index (χ3n) is 0.744. The highest BCUT2D eigenvalue weighted by molar-refractivity contribution is 4.37. The molecule has 0 atom stereocenters. The smallest absolute Gasteiger partial charge is 0.0701 e. The van der Waals surface area contributed by atoms with Gasteiger partial charge in [0.25, 0.3) is 0 Å². The molecule has 0 aromatic heterocycles. The first-order chi connectivity index (χ1) is 4.00. The van der Waals surface area contributed by atoms with Crippen molar-refractivity contribution >= 4 is 0 Å². The Morgan fingerprint density at radius 3 is 1.11 bits per heavy atom. The second-order valence-electron chi connectivity index (χ2n) is 1.22. The topological polar surface area (TPSA) is 102 Å². The maximum absolute atomic E-state index is 4.94. The zero-order chi connectivity index (χ0) is 6.24.